The van der Waals surface area contributed by atoms with Gasteiger partial charge in [-0.3, -0.25) is 4.79 Å². The van der Waals surface area contributed by atoms with E-state index >= 15 is 0 Å². The first-order valence-corrected chi connectivity index (χ1v) is 8.20. The van der Waals surface area contributed by atoms with Gasteiger partial charge in [-0.15, -0.1) is 0 Å². The molecule has 27 heavy (non-hydrogen) atoms. The number of carbonyl (C=O) groups excluding carboxylic acids is 1. The van der Waals surface area contributed by atoms with Crippen LogP contribution in [0.4, 0.5) is 13.2 Å². The Bertz CT molecular complexity index is 657. The van der Waals surface area contributed by atoms with Crippen molar-refractivity contribution in [3.63, 3.8) is 0 Å². The van der Waals surface area contributed by atoms with Crippen LogP contribution < -0.4 is 10.5 Å². The molecule has 0 aromatic heterocycles. The van der Waals surface area contributed by atoms with Gasteiger partial charge < -0.3 is 25.2 Å². The molecule has 3 N–H and O–H groups in total. The molecule has 7 nitrogen and oxygen atoms in total. The van der Waals surface area contributed by atoms with Crippen LogP contribution in [-0.2, 0) is 9.53 Å². The SMILES string of the molecule is COCCOc1ccc(Cl)cc1C(=O)N1CCC(N)C1.O=C(O)C(F)(F)F. The van der Waals surface area contributed by atoms with Gasteiger partial charge in [0.05, 0.1) is 12.2 Å². The number of likely N-dealkylation sites (tertiary alicyclic amines) is 1. The number of carbonyl (C=O) groups is 2. The third-order valence-corrected chi connectivity index (χ3v) is 3.71. The first-order chi connectivity index (χ1) is 12.6. The summed E-state index contributed by atoms with van der Waals surface area (Å²) in [4.78, 5) is 23.1. The largest absolute Gasteiger partial charge is 0.490 e. The summed E-state index contributed by atoms with van der Waals surface area (Å²) in [5.74, 6) is -2.32. The Labute approximate surface area is 158 Å². The lowest BCUT2D eigenvalue weighted by atomic mass is 10.1. The molecular formula is C16H20ClF3N2O5. The number of methoxy groups -OCH3 is 1. The van der Waals surface area contributed by atoms with Crippen molar-refractivity contribution in [2.24, 2.45) is 5.73 Å². The molecule has 0 radical (unpaired) electrons. The molecule has 152 valence electrons. The van der Waals surface area contributed by atoms with E-state index in [9.17, 15) is 18.0 Å². The Morgan fingerprint density at radius 2 is 2.00 bits per heavy atom. The van der Waals surface area contributed by atoms with E-state index in [0.717, 1.165) is 6.42 Å². The molecule has 1 saturated heterocycles. The van der Waals surface area contributed by atoms with Crippen molar-refractivity contribution < 1.29 is 37.3 Å². The fraction of sp³-hybridized carbons (Fsp3) is 0.500. The molecule has 0 spiro atoms. The van der Waals surface area contributed by atoms with E-state index in [0.29, 0.717) is 42.6 Å². The standard InChI is InChI=1S/C14H19ClN2O3.C2HF3O2/c1-19-6-7-20-13-3-2-10(15)8-12(13)14(18)17-5-4-11(16)9-17;3-2(4,5)1(6)7/h2-3,8,11H,4-7,9,16H2,1H3;(H,6,7). The minimum atomic E-state index is -5.08. The van der Waals surface area contributed by atoms with Gasteiger partial charge in [-0.1, -0.05) is 11.6 Å². The minimum Gasteiger partial charge on any atom is -0.490 e. The van der Waals surface area contributed by atoms with Gasteiger partial charge in [-0.2, -0.15) is 13.2 Å². The zero-order valence-corrected chi connectivity index (χ0v) is 15.2. The maximum absolute atomic E-state index is 12.5. The smallest absolute Gasteiger partial charge is 0.490 e. The van der Waals surface area contributed by atoms with E-state index in [2.05, 4.69) is 0 Å². The van der Waals surface area contributed by atoms with Crippen LogP contribution in [-0.4, -0.2) is 67.5 Å². The normalized spacial score (nSPS) is 16.5. The molecule has 1 aromatic carbocycles. The van der Waals surface area contributed by atoms with Crippen LogP contribution in [0.1, 0.15) is 16.8 Å². The monoisotopic (exact) mass is 412 g/mol. The van der Waals surface area contributed by atoms with Gasteiger partial charge in [0.15, 0.2) is 0 Å². The van der Waals surface area contributed by atoms with Gasteiger partial charge in [0, 0.05) is 31.3 Å². The van der Waals surface area contributed by atoms with Crippen LogP contribution >= 0.6 is 11.6 Å². The van der Waals surface area contributed by atoms with E-state index < -0.39 is 12.1 Å². The van der Waals surface area contributed by atoms with E-state index in [1.165, 1.54) is 0 Å². The van der Waals surface area contributed by atoms with Gasteiger partial charge in [0.1, 0.15) is 12.4 Å². The van der Waals surface area contributed by atoms with Crippen LogP contribution in [0.25, 0.3) is 0 Å². The third-order valence-electron chi connectivity index (χ3n) is 3.47. The number of aliphatic carboxylic acids is 1. The Morgan fingerprint density at radius 1 is 1.37 bits per heavy atom. The second-order valence-electron chi connectivity index (χ2n) is 5.58. The number of rotatable bonds is 5. The van der Waals surface area contributed by atoms with E-state index in [4.69, 9.17) is 36.7 Å². The van der Waals surface area contributed by atoms with Crippen molar-refractivity contribution in [3.05, 3.63) is 28.8 Å². The zero-order valence-electron chi connectivity index (χ0n) is 14.5. The van der Waals surface area contributed by atoms with Crippen LogP contribution in [0, 0.1) is 0 Å². The summed E-state index contributed by atoms with van der Waals surface area (Å²) in [5.41, 5.74) is 6.31. The molecule has 11 heteroatoms. The average Bonchev–Trinajstić information content (AvgIpc) is 3.02. The fourth-order valence-electron chi connectivity index (χ4n) is 2.17. The van der Waals surface area contributed by atoms with Crippen LogP contribution in [0.2, 0.25) is 5.02 Å². The first-order valence-electron chi connectivity index (χ1n) is 7.82. The van der Waals surface area contributed by atoms with E-state index in [1.54, 1.807) is 30.2 Å². The summed E-state index contributed by atoms with van der Waals surface area (Å²) in [5, 5.41) is 7.64. The summed E-state index contributed by atoms with van der Waals surface area (Å²) in [6.07, 6.45) is -4.26. The van der Waals surface area contributed by atoms with Gasteiger partial charge in [0.25, 0.3) is 5.91 Å². The minimum absolute atomic E-state index is 0.0518. The number of hydrogen-bond donors (Lipinski definition) is 2. The topological polar surface area (TPSA) is 102 Å². The predicted molar refractivity (Wildman–Crippen MR) is 91.0 cm³/mol. The van der Waals surface area contributed by atoms with Crippen LogP contribution in [0.5, 0.6) is 5.75 Å². The van der Waals surface area contributed by atoms with Gasteiger partial charge in [-0.05, 0) is 24.6 Å². The highest BCUT2D eigenvalue weighted by Crippen LogP contribution is 2.25. The summed E-state index contributed by atoms with van der Waals surface area (Å²) in [6, 6.07) is 5.10. The molecule has 0 saturated carbocycles. The second-order valence-corrected chi connectivity index (χ2v) is 6.02. The molecular weight excluding hydrogens is 393 g/mol. The molecule has 2 rings (SSSR count). The number of alkyl halides is 3. The lowest BCUT2D eigenvalue weighted by Crippen LogP contribution is -2.32. The number of carboxylic acid groups (broad SMARTS) is 1. The molecule has 1 aromatic rings. The highest BCUT2D eigenvalue weighted by atomic mass is 35.5. The predicted octanol–water partition coefficient (Wildman–Crippen LogP) is 2.17. The quantitative estimate of drug-likeness (QED) is 0.719. The molecule has 1 aliphatic rings. The molecule has 1 heterocycles. The van der Waals surface area contributed by atoms with Gasteiger partial charge >= 0.3 is 12.1 Å². The number of hydrogen-bond acceptors (Lipinski definition) is 5. The summed E-state index contributed by atoms with van der Waals surface area (Å²) in [7, 11) is 1.60. The molecule has 1 fully saturated rings. The number of nitrogens with zero attached hydrogens (tertiary/aromatic N) is 1. The van der Waals surface area contributed by atoms with E-state index in [-0.39, 0.29) is 11.9 Å². The van der Waals surface area contributed by atoms with Gasteiger partial charge in [0.2, 0.25) is 0 Å². The van der Waals surface area contributed by atoms with Crippen molar-refractivity contribution in [2.75, 3.05) is 33.4 Å². The van der Waals surface area contributed by atoms with Crippen molar-refractivity contribution in [1.29, 1.82) is 0 Å². The Hall–Kier alpha value is -2.04. The van der Waals surface area contributed by atoms with Crippen molar-refractivity contribution in [2.45, 2.75) is 18.6 Å². The third kappa shape index (κ3) is 7.61. The van der Waals surface area contributed by atoms with Crippen LogP contribution in [0.15, 0.2) is 18.2 Å². The molecule has 1 atom stereocenters. The van der Waals surface area contributed by atoms with Crippen molar-refractivity contribution in [3.8, 4) is 5.75 Å². The van der Waals surface area contributed by atoms with Crippen molar-refractivity contribution in [1.82, 2.24) is 4.90 Å². The molecule has 0 bridgehead atoms. The fourth-order valence-corrected chi connectivity index (χ4v) is 2.34. The summed E-state index contributed by atoms with van der Waals surface area (Å²) in [6.45, 7) is 2.09. The number of nitrogens with two attached hydrogens (primary N) is 1. The lowest BCUT2D eigenvalue weighted by molar-refractivity contribution is -0.192. The number of benzene rings is 1. The summed E-state index contributed by atoms with van der Waals surface area (Å²) >= 11 is 5.98. The highest BCUT2D eigenvalue weighted by molar-refractivity contribution is 6.31. The Kier molecular flexibility index (Phi) is 8.80. The van der Waals surface area contributed by atoms with Crippen molar-refractivity contribution >= 4 is 23.5 Å². The number of ether oxygens (including phenoxy) is 2. The molecule has 1 aliphatic heterocycles. The second kappa shape index (κ2) is 10.3. The lowest BCUT2D eigenvalue weighted by Gasteiger charge is -2.18. The zero-order chi connectivity index (χ0) is 20.6. The first kappa shape index (κ1) is 23.0. The number of amides is 1. The summed E-state index contributed by atoms with van der Waals surface area (Å²) < 4.78 is 42.3. The van der Waals surface area contributed by atoms with Crippen LogP contribution in [0.3, 0.4) is 0 Å². The maximum Gasteiger partial charge on any atom is 0.490 e. The average molecular weight is 413 g/mol. The van der Waals surface area contributed by atoms with Gasteiger partial charge in [-0.25, -0.2) is 4.79 Å². The maximum atomic E-state index is 12.5. The number of halogens is 4. The Morgan fingerprint density at radius 3 is 2.48 bits per heavy atom. The molecule has 0 aliphatic carbocycles. The highest BCUT2D eigenvalue weighted by Gasteiger charge is 2.38. The molecule has 1 unspecified atom stereocenters. The number of carboxylic acids is 1. The molecule has 1 amide bonds. The van der Waals surface area contributed by atoms with E-state index in [1.807, 2.05) is 0 Å². The Balaban J connectivity index is 0.000000445.